The molecular weight excluding hydrogens is 360 g/mol. The molecule has 2 heterocycles. The molecule has 6 nitrogen and oxygen atoms in total. The Balaban J connectivity index is 1.16. The number of piperazine rings is 1. The maximum atomic E-state index is 13.4. The van der Waals surface area contributed by atoms with Crippen LogP contribution in [0.15, 0.2) is 10.9 Å². The average Bonchev–Trinajstić information content (AvgIpc) is 3.18. The van der Waals surface area contributed by atoms with Crippen LogP contribution in [-0.2, 0) is 11.3 Å². The number of carbonyl (C=O) groups is 2. The molecule has 4 saturated carbocycles. The van der Waals surface area contributed by atoms with E-state index in [0.29, 0.717) is 38.6 Å². The molecule has 0 aromatic carbocycles. The molecule has 4 aliphatic carbocycles. The Morgan fingerprint density at radius 1 is 1.04 bits per heavy atom. The van der Waals surface area contributed by atoms with E-state index in [2.05, 4.69) is 15.2 Å². The van der Waals surface area contributed by atoms with Gasteiger partial charge in [-0.25, -0.2) is 9.78 Å². The van der Waals surface area contributed by atoms with Crippen LogP contribution in [-0.4, -0.2) is 52.9 Å². The molecule has 3 amide bonds. The fourth-order valence-corrected chi connectivity index (χ4v) is 6.98. The van der Waals surface area contributed by atoms with E-state index in [1.54, 1.807) is 5.51 Å². The third-order valence-electron chi connectivity index (χ3n) is 7.25. The van der Waals surface area contributed by atoms with Crippen molar-refractivity contribution in [1.82, 2.24) is 20.1 Å². The average molecular weight is 389 g/mol. The summed E-state index contributed by atoms with van der Waals surface area (Å²) in [4.78, 5) is 33.9. The van der Waals surface area contributed by atoms with Crippen molar-refractivity contribution in [2.75, 3.05) is 26.2 Å². The smallest absolute Gasteiger partial charge is 0.317 e. The molecule has 146 valence electrons. The summed E-state index contributed by atoms with van der Waals surface area (Å²) in [5.41, 5.74) is 2.60. The standard InChI is InChI=1S/C20H28N4O2S/c25-18(20-8-14-5-15(9-20)7-16(6-14)10-20)23-1-3-24(4-2-23)19(26)21-11-17-12-27-13-22-17/h12-16H,1-11H2,(H,21,26). The molecule has 1 N–H and O–H groups in total. The lowest BCUT2D eigenvalue weighted by atomic mass is 9.49. The Kier molecular flexibility index (Phi) is 4.37. The largest absolute Gasteiger partial charge is 0.339 e. The highest BCUT2D eigenvalue weighted by Gasteiger charge is 2.55. The predicted molar refractivity (Wildman–Crippen MR) is 103 cm³/mol. The van der Waals surface area contributed by atoms with E-state index in [1.165, 1.54) is 30.6 Å². The molecule has 0 spiro atoms. The summed E-state index contributed by atoms with van der Waals surface area (Å²) < 4.78 is 0. The Labute approximate surface area is 164 Å². The van der Waals surface area contributed by atoms with E-state index in [-0.39, 0.29) is 11.4 Å². The Hall–Kier alpha value is -1.63. The highest BCUT2D eigenvalue weighted by molar-refractivity contribution is 7.07. The zero-order valence-electron chi connectivity index (χ0n) is 15.7. The first-order chi connectivity index (χ1) is 13.1. The Morgan fingerprint density at radius 3 is 2.19 bits per heavy atom. The zero-order valence-corrected chi connectivity index (χ0v) is 16.5. The number of hydrogen-bond donors (Lipinski definition) is 1. The molecule has 0 atom stereocenters. The van der Waals surface area contributed by atoms with Crippen LogP contribution in [0.4, 0.5) is 4.79 Å². The molecule has 1 aromatic rings. The van der Waals surface area contributed by atoms with Gasteiger partial charge < -0.3 is 15.1 Å². The van der Waals surface area contributed by atoms with Crippen LogP contribution in [0.25, 0.3) is 0 Å². The van der Waals surface area contributed by atoms with Crippen molar-refractivity contribution in [3.63, 3.8) is 0 Å². The summed E-state index contributed by atoms with van der Waals surface area (Å²) in [5.74, 6) is 2.76. The van der Waals surface area contributed by atoms with Crippen molar-refractivity contribution in [3.05, 3.63) is 16.6 Å². The SMILES string of the molecule is O=C(NCc1cscn1)N1CCN(C(=O)C23CC4CC(CC(C4)C2)C3)CC1. The molecule has 27 heavy (non-hydrogen) atoms. The lowest BCUT2D eigenvalue weighted by molar-refractivity contribution is -0.159. The van der Waals surface area contributed by atoms with Gasteiger partial charge in [-0.05, 0) is 56.3 Å². The normalized spacial score (nSPS) is 34.7. The molecule has 1 aliphatic heterocycles. The van der Waals surface area contributed by atoms with E-state index in [0.717, 1.165) is 42.7 Å². The van der Waals surface area contributed by atoms with E-state index in [1.807, 2.05) is 10.3 Å². The van der Waals surface area contributed by atoms with E-state index < -0.39 is 0 Å². The van der Waals surface area contributed by atoms with Crippen LogP contribution in [0, 0.1) is 23.2 Å². The summed E-state index contributed by atoms with van der Waals surface area (Å²) in [7, 11) is 0. The van der Waals surface area contributed by atoms with Gasteiger partial charge in [-0.1, -0.05) is 0 Å². The fourth-order valence-electron chi connectivity index (χ4n) is 6.42. The first kappa shape index (κ1) is 17.5. The van der Waals surface area contributed by atoms with Crippen molar-refractivity contribution in [2.24, 2.45) is 23.2 Å². The third kappa shape index (κ3) is 3.24. The molecule has 0 unspecified atom stereocenters. The van der Waals surface area contributed by atoms with Gasteiger partial charge in [-0.15, -0.1) is 11.3 Å². The van der Waals surface area contributed by atoms with E-state index >= 15 is 0 Å². The lowest BCUT2D eigenvalue weighted by Crippen LogP contribution is -2.59. The lowest BCUT2D eigenvalue weighted by Gasteiger charge is -2.57. The minimum absolute atomic E-state index is 0.0510. The number of nitrogens with zero attached hydrogens (tertiary/aromatic N) is 3. The minimum atomic E-state index is -0.0657. The van der Waals surface area contributed by atoms with Crippen LogP contribution in [0.5, 0.6) is 0 Å². The number of urea groups is 1. The Bertz CT molecular complexity index is 676. The molecular formula is C20H28N4O2S. The van der Waals surface area contributed by atoms with Gasteiger partial charge in [-0.2, -0.15) is 0 Å². The summed E-state index contributed by atoms with van der Waals surface area (Å²) >= 11 is 1.53. The van der Waals surface area contributed by atoms with Gasteiger partial charge in [0, 0.05) is 31.6 Å². The van der Waals surface area contributed by atoms with Crippen molar-refractivity contribution in [1.29, 1.82) is 0 Å². The maximum absolute atomic E-state index is 13.4. The van der Waals surface area contributed by atoms with Crippen molar-refractivity contribution in [3.8, 4) is 0 Å². The van der Waals surface area contributed by atoms with Gasteiger partial charge in [0.1, 0.15) is 0 Å². The molecule has 1 saturated heterocycles. The first-order valence-electron chi connectivity index (χ1n) is 10.3. The predicted octanol–water partition coefficient (Wildman–Crippen LogP) is 2.71. The second-order valence-corrected chi connectivity index (χ2v) is 9.83. The maximum Gasteiger partial charge on any atom is 0.317 e. The van der Waals surface area contributed by atoms with Crippen molar-refractivity contribution in [2.45, 2.75) is 45.1 Å². The van der Waals surface area contributed by atoms with Crippen LogP contribution in [0.1, 0.15) is 44.2 Å². The summed E-state index contributed by atoms with van der Waals surface area (Å²) in [6.07, 6.45) is 7.43. The molecule has 7 heteroatoms. The van der Waals surface area contributed by atoms with Crippen molar-refractivity contribution >= 4 is 23.3 Å². The first-order valence-corrected chi connectivity index (χ1v) is 11.2. The fraction of sp³-hybridized carbons (Fsp3) is 0.750. The molecule has 0 radical (unpaired) electrons. The second-order valence-electron chi connectivity index (χ2n) is 9.12. The van der Waals surface area contributed by atoms with Crippen LogP contribution in [0.3, 0.4) is 0 Å². The van der Waals surface area contributed by atoms with Gasteiger partial charge in [-0.3, -0.25) is 4.79 Å². The van der Waals surface area contributed by atoms with Gasteiger partial charge >= 0.3 is 6.03 Å². The number of aromatic nitrogens is 1. The monoisotopic (exact) mass is 388 g/mol. The van der Waals surface area contributed by atoms with Crippen molar-refractivity contribution < 1.29 is 9.59 Å². The molecule has 5 fully saturated rings. The van der Waals surface area contributed by atoms with E-state index in [4.69, 9.17) is 0 Å². The summed E-state index contributed by atoms with van der Waals surface area (Å²) in [6, 6.07) is -0.0510. The third-order valence-corrected chi connectivity index (χ3v) is 7.89. The van der Waals surface area contributed by atoms with Crippen LogP contribution < -0.4 is 5.32 Å². The topological polar surface area (TPSA) is 65.5 Å². The van der Waals surface area contributed by atoms with E-state index in [9.17, 15) is 9.59 Å². The summed E-state index contributed by atoms with van der Waals surface area (Å²) in [5, 5.41) is 4.88. The number of hydrogen-bond acceptors (Lipinski definition) is 4. The molecule has 4 bridgehead atoms. The second kappa shape index (κ2) is 6.76. The number of thiazole rings is 1. The van der Waals surface area contributed by atoms with Gasteiger partial charge in [0.15, 0.2) is 0 Å². The highest BCUT2D eigenvalue weighted by Crippen LogP contribution is 2.60. The number of carbonyl (C=O) groups excluding carboxylic acids is 2. The number of nitrogens with one attached hydrogen (secondary N) is 1. The number of amides is 3. The highest BCUT2D eigenvalue weighted by atomic mass is 32.1. The van der Waals surface area contributed by atoms with Gasteiger partial charge in [0.25, 0.3) is 0 Å². The number of rotatable bonds is 3. The van der Waals surface area contributed by atoms with Gasteiger partial charge in [0.2, 0.25) is 5.91 Å². The molecule has 1 aromatic heterocycles. The Morgan fingerprint density at radius 2 is 1.63 bits per heavy atom. The molecule has 6 rings (SSSR count). The molecule has 5 aliphatic rings. The summed E-state index contributed by atoms with van der Waals surface area (Å²) in [6.45, 7) is 3.06. The van der Waals surface area contributed by atoms with Crippen LogP contribution >= 0.6 is 11.3 Å². The van der Waals surface area contributed by atoms with Crippen LogP contribution in [0.2, 0.25) is 0 Å². The minimum Gasteiger partial charge on any atom is -0.339 e. The van der Waals surface area contributed by atoms with Gasteiger partial charge in [0.05, 0.1) is 23.2 Å². The quantitative estimate of drug-likeness (QED) is 0.866. The zero-order chi connectivity index (χ0) is 18.4.